The normalized spacial score (nSPS) is 12.8. The number of benzene rings is 1. The lowest BCUT2D eigenvalue weighted by atomic mass is 9.99. The molecule has 120 valence electrons. The lowest BCUT2D eigenvalue weighted by Crippen LogP contribution is -2.19. The van der Waals surface area contributed by atoms with Crippen molar-refractivity contribution >= 4 is 41.2 Å². The van der Waals surface area contributed by atoms with Crippen molar-refractivity contribution in [2.45, 2.75) is 12.8 Å². The molecule has 1 aliphatic heterocycles. The third-order valence-electron chi connectivity index (χ3n) is 3.72. The predicted molar refractivity (Wildman–Crippen MR) is 93.5 cm³/mol. The molecule has 1 aromatic carbocycles. The van der Waals surface area contributed by atoms with Crippen molar-refractivity contribution in [3.63, 3.8) is 0 Å². The Hall–Kier alpha value is -2.08. The average molecular weight is 352 g/mol. The molecule has 0 fully saturated rings. The number of imidazole rings is 1. The first-order chi connectivity index (χ1) is 10.2. The number of hydrogen-bond donors (Lipinski definition) is 1. The molecule has 2 aromatic heterocycles. The van der Waals surface area contributed by atoms with E-state index in [1.54, 1.807) is 0 Å². The number of carbonyl (C=O) groups is 1. The summed E-state index contributed by atoms with van der Waals surface area (Å²) in [7, 11) is 0. The van der Waals surface area contributed by atoms with Gasteiger partial charge in [-0.2, -0.15) is 0 Å². The van der Waals surface area contributed by atoms with Gasteiger partial charge in [-0.05, 0) is 36.2 Å². The van der Waals surface area contributed by atoms with Gasteiger partial charge in [0.1, 0.15) is 5.65 Å². The fourth-order valence-corrected chi connectivity index (χ4v) is 2.96. The van der Waals surface area contributed by atoms with E-state index in [0.717, 1.165) is 28.2 Å². The van der Waals surface area contributed by atoms with Crippen LogP contribution in [0.1, 0.15) is 12.0 Å². The first-order valence-electron chi connectivity index (χ1n) is 6.77. The van der Waals surface area contributed by atoms with Crippen molar-refractivity contribution in [1.82, 2.24) is 9.38 Å². The highest BCUT2D eigenvalue weighted by Crippen LogP contribution is 2.35. The summed E-state index contributed by atoms with van der Waals surface area (Å²) < 4.78 is 1.98. The highest BCUT2D eigenvalue weighted by atomic mass is 35.5. The number of nitrogens with zero attached hydrogens (tertiary/aromatic N) is 2. The molecule has 5 nitrogen and oxygen atoms in total. The molecule has 0 unspecified atom stereocenters. The average Bonchev–Trinajstić information content (AvgIpc) is 2.92. The minimum Gasteiger partial charge on any atom is -0.412 e. The van der Waals surface area contributed by atoms with Gasteiger partial charge in [-0.3, -0.25) is 4.79 Å². The summed E-state index contributed by atoms with van der Waals surface area (Å²) in [5, 5.41) is 3.40. The number of nitrogens with one attached hydrogen (secondary N) is 1. The van der Waals surface area contributed by atoms with Crippen molar-refractivity contribution in [1.29, 1.82) is 0 Å². The Balaban J connectivity index is 0.000000960. The maximum Gasteiger partial charge on any atom is 0.224 e. The Morgan fingerprint density at radius 1 is 1.22 bits per heavy atom. The monoisotopic (exact) mass is 351 g/mol. The van der Waals surface area contributed by atoms with Crippen molar-refractivity contribution in [2.24, 2.45) is 0 Å². The van der Waals surface area contributed by atoms with Crippen LogP contribution in [0, 0.1) is 0 Å². The van der Waals surface area contributed by atoms with E-state index < -0.39 is 0 Å². The third-order valence-corrected chi connectivity index (χ3v) is 4.02. The van der Waals surface area contributed by atoms with Gasteiger partial charge in [0.05, 0.1) is 16.4 Å². The molecular weight excluding hydrogens is 337 g/mol. The predicted octanol–water partition coefficient (Wildman–Crippen LogP) is 3.14. The molecular formula is C16H15Cl2N3O2. The van der Waals surface area contributed by atoms with E-state index in [1.165, 1.54) is 0 Å². The highest BCUT2D eigenvalue weighted by Gasteiger charge is 2.19. The number of carbonyl (C=O) groups excluding carboxylic acids is 1. The van der Waals surface area contributed by atoms with E-state index in [2.05, 4.69) is 16.4 Å². The number of hydrogen-bond acceptors (Lipinski definition) is 2. The molecule has 0 bridgehead atoms. The maximum atomic E-state index is 11.5. The molecule has 3 N–H and O–H groups in total. The third kappa shape index (κ3) is 3.03. The van der Waals surface area contributed by atoms with E-state index in [0.29, 0.717) is 17.9 Å². The van der Waals surface area contributed by atoms with Gasteiger partial charge in [0.25, 0.3) is 0 Å². The van der Waals surface area contributed by atoms with E-state index in [9.17, 15) is 4.79 Å². The van der Waals surface area contributed by atoms with Crippen LogP contribution in [0.25, 0.3) is 16.9 Å². The molecule has 0 spiro atoms. The Labute approximate surface area is 144 Å². The number of pyridine rings is 1. The maximum absolute atomic E-state index is 11.5. The summed E-state index contributed by atoms with van der Waals surface area (Å²) in [6.45, 7) is 0. The minimum atomic E-state index is 0. The zero-order chi connectivity index (χ0) is 14.4. The molecule has 3 heterocycles. The van der Waals surface area contributed by atoms with Crippen LogP contribution in [-0.2, 0) is 11.2 Å². The van der Waals surface area contributed by atoms with Crippen LogP contribution in [0.15, 0.2) is 42.7 Å². The summed E-state index contributed by atoms with van der Waals surface area (Å²) in [4.78, 5) is 16.1. The Morgan fingerprint density at radius 3 is 2.83 bits per heavy atom. The zero-order valence-corrected chi connectivity index (χ0v) is 13.6. The summed E-state index contributed by atoms with van der Waals surface area (Å²) >= 11 is 6.31. The van der Waals surface area contributed by atoms with Gasteiger partial charge in [-0.25, -0.2) is 4.98 Å². The van der Waals surface area contributed by atoms with Gasteiger partial charge in [0, 0.05) is 24.4 Å². The molecule has 1 amide bonds. The second-order valence-electron chi connectivity index (χ2n) is 5.13. The SMILES string of the molecule is Cl.O.O=C1CCc2cc(-c3cn4ccccc4n3)cc(Cl)c2N1. The first-order valence-corrected chi connectivity index (χ1v) is 7.15. The molecule has 7 heteroatoms. The molecule has 1 aliphatic rings. The van der Waals surface area contributed by atoms with Crippen LogP contribution in [-0.4, -0.2) is 20.8 Å². The number of aromatic nitrogens is 2. The van der Waals surface area contributed by atoms with Crippen LogP contribution in [0.5, 0.6) is 0 Å². The largest absolute Gasteiger partial charge is 0.412 e. The van der Waals surface area contributed by atoms with Crippen molar-refractivity contribution in [3.8, 4) is 11.3 Å². The van der Waals surface area contributed by atoms with Gasteiger partial charge in [0.15, 0.2) is 0 Å². The molecule has 3 aromatic rings. The van der Waals surface area contributed by atoms with Crippen molar-refractivity contribution in [2.75, 3.05) is 5.32 Å². The molecule has 4 rings (SSSR count). The number of rotatable bonds is 1. The zero-order valence-electron chi connectivity index (χ0n) is 12.0. The quantitative estimate of drug-likeness (QED) is 0.730. The van der Waals surface area contributed by atoms with Crippen LogP contribution in [0.3, 0.4) is 0 Å². The number of halogens is 2. The van der Waals surface area contributed by atoms with Crippen LogP contribution in [0.2, 0.25) is 5.02 Å². The number of aryl methyl sites for hydroxylation is 1. The first kappa shape index (κ1) is 17.3. The lowest BCUT2D eigenvalue weighted by Gasteiger charge is -2.18. The van der Waals surface area contributed by atoms with E-state index in [-0.39, 0.29) is 23.8 Å². The highest BCUT2D eigenvalue weighted by molar-refractivity contribution is 6.34. The molecule has 0 atom stereocenters. The fraction of sp³-hybridized carbons (Fsp3) is 0.125. The van der Waals surface area contributed by atoms with Gasteiger partial charge in [-0.1, -0.05) is 17.7 Å². The molecule has 0 aliphatic carbocycles. The minimum absolute atomic E-state index is 0. The number of anilines is 1. The van der Waals surface area contributed by atoms with Crippen molar-refractivity contribution in [3.05, 3.63) is 53.3 Å². The Bertz CT molecular complexity index is 844. The second kappa shape index (κ2) is 6.58. The van der Waals surface area contributed by atoms with E-state index in [1.807, 2.05) is 41.1 Å². The lowest BCUT2D eigenvalue weighted by molar-refractivity contribution is -0.116. The van der Waals surface area contributed by atoms with Crippen LogP contribution in [0.4, 0.5) is 5.69 Å². The second-order valence-corrected chi connectivity index (χ2v) is 5.54. The van der Waals surface area contributed by atoms with Crippen LogP contribution >= 0.6 is 24.0 Å². The summed E-state index contributed by atoms with van der Waals surface area (Å²) in [6, 6.07) is 9.80. The van der Waals surface area contributed by atoms with E-state index in [4.69, 9.17) is 11.6 Å². The smallest absolute Gasteiger partial charge is 0.224 e. The Morgan fingerprint density at radius 2 is 2.04 bits per heavy atom. The molecule has 0 radical (unpaired) electrons. The summed E-state index contributed by atoms with van der Waals surface area (Å²) in [5.74, 6) is 0.0184. The van der Waals surface area contributed by atoms with Crippen LogP contribution < -0.4 is 5.32 Å². The number of amides is 1. The fourth-order valence-electron chi connectivity index (χ4n) is 2.67. The Kier molecular flexibility index (Phi) is 4.94. The van der Waals surface area contributed by atoms with Gasteiger partial charge in [-0.15, -0.1) is 12.4 Å². The molecule has 0 saturated carbocycles. The number of fused-ring (bicyclic) bond motifs is 2. The van der Waals surface area contributed by atoms with Crippen molar-refractivity contribution < 1.29 is 10.3 Å². The molecule has 0 saturated heterocycles. The molecule has 23 heavy (non-hydrogen) atoms. The van der Waals surface area contributed by atoms with E-state index >= 15 is 0 Å². The van der Waals surface area contributed by atoms with Gasteiger partial charge in [0.2, 0.25) is 5.91 Å². The topological polar surface area (TPSA) is 77.9 Å². The van der Waals surface area contributed by atoms with Gasteiger partial charge >= 0.3 is 0 Å². The summed E-state index contributed by atoms with van der Waals surface area (Å²) in [5.41, 5.74) is 4.55. The standard InChI is InChI=1S/C16H12ClN3O.ClH.H2O/c17-12-8-11(7-10-4-5-15(21)19-16(10)12)13-9-20-6-2-1-3-14(20)18-13;;/h1-3,6-9H,4-5H2,(H,19,21);1H;1H2. The van der Waals surface area contributed by atoms with Gasteiger partial charge < -0.3 is 15.2 Å². The summed E-state index contributed by atoms with van der Waals surface area (Å²) in [6.07, 6.45) is 5.15.